The van der Waals surface area contributed by atoms with Crippen LogP contribution in [0.2, 0.25) is 5.02 Å². The van der Waals surface area contributed by atoms with Gasteiger partial charge in [0.15, 0.2) is 18.2 Å². The van der Waals surface area contributed by atoms with Crippen LogP contribution < -0.4 is 10.1 Å². The molecule has 54 heavy (non-hydrogen) atoms. The van der Waals surface area contributed by atoms with Crippen LogP contribution in [-0.4, -0.2) is 78.4 Å². The van der Waals surface area contributed by atoms with Crippen molar-refractivity contribution < 1.29 is 37.4 Å². The standard InChI is InChI=1S/C41H49ClF2N4O6/c1-40(2,3)53-38(50)46-28-15-17-29(18-16-28)48(39(51)54-41(4,5)6)23-31(25-12-10-9-11-13-25)27-20-30(36(42)32(43)21-27)35-26(22-45)14-19-33(37(35)44)52-24-34(49)47(7)8/h9-14,19-21,28-29,31H,15-18,23-24H2,1-8H3,(H,46,50). The first-order valence-corrected chi connectivity index (χ1v) is 18.2. The Morgan fingerprint density at radius 1 is 0.926 bits per heavy atom. The van der Waals surface area contributed by atoms with Gasteiger partial charge in [-0.1, -0.05) is 41.9 Å². The van der Waals surface area contributed by atoms with Gasteiger partial charge in [-0.15, -0.1) is 0 Å². The average Bonchev–Trinajstić information content (AvgIpc) is 3.08. The fraction of sp³-hybridized carbons (Fsp3) is 0.463. The molecule has 0 aromatic heterocycles. The van der Waals surface area contributed by atoms with E-state index in [0.29, 0.717) is 31.2 Å². The van der Waals surface area contributed by atoms with Crippen LogP contribution in [0.5, 0.6) is 5.75 Å². The lowest BCUT2D eigenvalue weighted by atomic mass is 9.86. The van der Waals surface area contributed by atoms with E-state index in [1.54, 1.807) is 46.4 Å². The SMILES string of the molecule is CN(C)C(=O)COc1ccc(C#N)c(-c2cc(C(CN(C(=O)OC(C)(C)C)C3CCC(NC(=O)OC(C)(C)C)CC3)c3ccccc3)cc(F)c2Cl)c1F. The van der Waals surface area contributed by atoms with Crippen LogP contribution in [0, 0.1) is 23.0 Å². The van der Waals surface area contributed by atoms with E-state index >= 15 is 8.78 Å². The van der Waals surface area contributed by atoms with Crippen molar-refractivity contribution in [2.24, 2.45) is 0 Å². The molecule has 3 amide bonds. The number of hydrogen-bond acceptors (Lipinski definition) is 7. The van der Waals surface area contributed by atoms with E-state index in [9.17, 15) is 19.6 Å². The molecule has 1 N–H and O–H groups in total. The Kier molecular flexibility index (Phi) is 13.6. The Bertz CT molecular complexity index is 1860. The highest BCUT2D eigenvalue weighted by atomic mass is 35.5. The van der Waals surface area contributed by atoms with Gasteiger partial charge in [0, 0.05) is 49.8 Å². The Balaban J connectivity index is 1.76. The Morgan fingerprint density at radius 3 is 2.13 bits per heavy atom. The van der Waals surface area contributed by atoms with Gasteiger partial charge in [0.05, 0.1) is 16.7 Å². The fourth-order valence-electron chi connectivity index (χ4n) is 6.27. The largest absolute Gasteiger partial charge is 0.481 e. The normalized spacial score (nSPS) is 16.4. The van der Waals surface area contributed by atoms with Gasteiger partial charge in [0.1, 0.15) is 17.0 Å². The molecule has 0 heterocycles. The highest BCUT2D eigenvalue weighted by Crippen LogP contribution is 2.41. The van der Waals surface area contributed by atoms with E-state index in [2.05, 4.69) is 5.32 Å². The van der Waals surface area contributed by atoms with Crippen LogP contribution in [0.1, 0.15) is 89.8 Å². The second-order valence-electron chi connectivity index (χ2n) is 15.6. The summed E-state index contributed by atoms with van der Waals surface area (Å²) in [5.41, 5.74) is -0.868. The summed E-state index contributed by atoms with van der Waals surface area (Å²) in [5, 5.41) is 12.5. The third-order valence-corrected chi connectivity index (χ3v) is 9.25. The van der Waals surface area contributed by atoms with Gasteiger partial charge in [0.25, 0.3) is 5.91 Å². The number of nitriles is 1. The molecule has 3 aromatic carbocycles. The Morgan fingerprint density at radius 2 is 1.56 bits per heavy atom. The number of nitrogens with zero attached hydrogens (tertiary/aromatic N) is 3. The van der Waals surface area contributed by atoms with E-state index in [4.69, 9.17) is 25.8 Å². The van der Waals surface area contributed by atoms with Gasteiger partial charge in [-0.2, -0.15) is 5.26 Å². The van der Waals surface area contributed by atoms with Crippen LogP contribution >= 0.6 is 11.6 Å². The molecular formula is C41H49ClF2N4O6. The van der Waals surface area contributed by atoms with Gasteiger partial charge >= 0.3 is 12.2 Å². The van der Waals surface area contributed by atoms with Crippen molar-refractivity contribution in [3.8, 4) is 22.9 Å². The monoisotopic (exact) mass is 766 g/mol. The Labute approximate surface area is 321 Å². The minimum Gasteiger partial charge on any atom is -0.481 e. The van der Waals surface area contributed by atoms with Crippen molar-refractivity contribution in [3.05, 3.63) is 87.9 Å². The molecule has 0 bridgehead atoms. The highest BCUT2D eigenvalue weighted by Gasteiger charge is 2.35. The van der Waals surface area contributed by atoms with Gasteiger partial charge in [0.2, 0.25) is 0 Å². The topological polar surface area (TPSA) is 121 Å². The second-order valence-corrected chi connectivity index (χ2v) is 16.0. The molecule has 0 radical (unpaired) electrons. The molecule has 4 rings (SSSR count). The van der Waals surface area contributed by atoms with E-state index in [0.717, 1.165) is 5.56 Å². The zero-order valence-electron chi connectivity index (χ0n) is 32.1. The predicted molar refractivity (Wildman–Crippen MR) is 202 cm³/mol. The van der Waals surface area contributed by atoms with Crippen molar-refractivity contribution in [1.29, 1.82) is 5.26 Å². The number of carbonyl (C=O) groups excluding carboxylic acids is 3. The lowest BCUT2D eigenvalue weighted by molar-refractivity contribution is -0.130. The molecule has 10 nitrogen and oxygen atoms in total. The summed E-state index contributed by atoms with van der Waals surface area (Å²) in [6, 6.07) is 16.0. The van der Waals surface area contributed by atoms with Crippen molar-refractivity contribution in [2.45, 2.75) is 96.4 Å². The Hall–Kier alpha value is -4.89. The lowest BCUT2D eigenvalue weighted by Crippen LogP contribution is -2.49. The molecule has 1 aliphatic rings. The number of ether oxygens (including phenoxy) is 3. The summed E-state index contributed by atoms with van der Waals surface area (Å²) in [5.74, 6) is -3.23. The molecule has 0 saturated heterocycles. The summed E-state index contributed by atoms with van der Waals surface area (Å²) in [6.45, 7) is 10.3. The maximum Gasteiger partial charge on any atom is 0.410 e. The first-order chi connectivity index (χ1) is 25.3. The first-order valence-electron chi connectivity index (χ1n) is 17.9. The number of alkyl carbamates (subject to hydrolysis) is 1. The zero-order valence-corrected chi connectivity index (χ0v) is 32.9. The second kappa shape index (κ2) is 17.5. The first kappa shape index (κ1) is 41.9. The maximum atomic E-state index is 16.2. The van der Waals surface area contributed by atoms with Crippen molar-refractivity contribution >= 4 is 29.7 Å². The molecule has 1 saturated carbocycles. The van der Waals surface area contributed by atoms with Gasteiger partial charge in [-0.25, -0.2) is 18.4 Å². The number of amides is 3. The van der Waals surface area contributed by atoms with Crippen molar-refractivity contribution in [2.75, 3.05) is 27.2 Å². The summed E-state index contributed by atoms with van der Waals surface area (Å²) in [6.07, 6.45) is 1.18. The quantitative estimate of drug-likeness (QED) is 0.219. The van der Waals surface area contributed by atoms with E-state index < -0.39 is 58.5 Å². The number of hydrogen-bond donors (Lipinski definition) is 1. The van der Waals surface area contributed by atoms with Crippen LogP contribution in [0.3, 0.4) is 0 Å². The molecule has 3 aromatic rings. The summed E-state index contributed by atoms with van der Waals surface area (Å²) in [7, 11) is 3.06. The number of halogens is 3. The molecule has 0 aliphatic heterocycles. The summed E-state index contributed by atoms with van der Waals surface area (Å²) in [4.78, 5) is 41.6. The smallest absolute Gasteiger partial charge is 0.410 e. The van der Waals surface area contributed by atoms with Gasteiger partial charge in [-0.3, -0.25) is 4.79 Å². The third-order valence-electron chi connectivity index (χ3n) is 8.87. The third kappa shape index (κ3) is 11.1. The lowest BCUT2D eigenvalue weighted by Gasteiger charge is -2.39. The van der Waals surface area contributed by atoms with Crippen molar-refractivity contribution in [3.63, 3.8) is 0 Å². The number of likely N-dealkylation sites (N-methyl/N-ethyl adjacent to an activating group) is 1. The van der Waals surface area contributed by atoms with Crippen LogP contribution in [0.15, 0.2) is 54.6 Å². The highest BCUT2D eigenvalue weighted by molar-refractivity contribution is 6.33. The van der Waals surface area contributed by atoms with Gasteiger partial charge < -0.3 is 29.3 Å². The average molecular weight is 767 g/mol. The fourth-order valence-corrected chi connectivity index (χ4v) is 6.47. The molecule has 290 valence electrons. The number of benzene rings is 3. The van der Waals surface area contributed by atoms with E-state index in [1.807, 2.05) is 36.4 Å². The number of nitrogens with one attached hydrogen (secondary N) is 1. The zero-order chi connectivity index (χ0) is 40.0. The predicted octanol–water partition coefficient (Wildman–Crippen LogP) is 8.83. The number of rotatable bonds is 10. The van der Waals surface area contributed by atoms with E-state index in [-0.39, 0.29) is 41.1 Å². The van der Waals surface area contributed by atoms with Crippen LogP contribution in [-0.2, 0) is 14.3 Å². The van der Waals surface area contributed by atoms with Crippen LogP contribution in [0.4, 0.5) is 18.4 Å². The maximum absolute atomic E-state index is 16.2. The summed E-state index contributed by atoms with van der Waals surface area (Å²) >= 11 is 6.53. The minimum absolute atomic E-state index is 0.0532. The molecule has 13 heteroatoms. The molecular weight excluding hydrogens is 718 g/mol. The molecule has 1 fully saturated rings. The molecule has 1 aliphatic carbocycles. The van der Waals surface area contributed by atoms with E-state index in [1.165, 1.54) is 43.3 Å². The summed E-state index contributed by atoms with van der Waals surface area (Å²) < 4.78 is 49.0. The van der Waals surface area contributed by atoms with Crippen molar-refractivity contribution in [1.82, 2.24) is 15.1 Å². The van der Waals surface area contributed by atoms with Crippen LogP contribution in [0.25, 0.3) is 11.1 Å². The van der Waals surface area contributed by atoms with Gasteiger partial charge in [-0.05, 0) is 103 Å². The molecule has 1 atom stereocenters. The minimum atomic E-state index is -0.984. The molecule has 1 unspecified atom stereocenters. The number of carbonyl (C=O) groups is 3. The molecule has 0 spiro atoms.